The molecule has 2 fully saturated rings. The second-order valence-corrected chi connectivity index (χ2v) is 3.27. The molecule has 0 aromatic carbocycles. The van der Waals surface area contributed by atoms with Crippen LogP contribution in [0, 0.1) is 5.92 Å². The fourth-order valence-electron chi connectivity index (χ4n) is 2.23. The standard InChI is InChI=1S/C8H15NO/c1-2-10-8-6-3-4-7(8)9-5-6/h6-9H,2-5H2,1H3. The van der Waals surface area contributed by atoms with Gasteiger partial charge in [0.15, 0.2) is 0 Å². The van der Waals surface area contributed by atoms with Gasteiger partial charge in [-0.15, -0.1) is 0 Å². The lowest BCUT2D eigenvalue weighted by atomic mass is 10.1. The SMILES string of the molecule is CCOC1C2CCC1NC2. The van der Waals surface area contributed by atoms with E-state index in [9.17, 15) is 0 Å². The van der Waals surface area contributed by atoms with Gasteiger partial charge in [-0.25, -0.2) is 0 Å². The van der Waals surface area contributed by atoms with Gasteiger partial charge in [-0.3, -0.25) is 0 Å². The first kappa shape index (κ1) is 6.62. The number of piperidine rings is 1. The molecule has 10 heavy (non-hydrogen) atoms. The van der Waals surface area contributed by atoms with Gasteiger partial charge in [0.05, 0.1) is 6.10 Å². The lowest BCUT2D eigenvalue weighted by molar-refractivity contribution is 0.0469. The zero-order valence-electron chi connectivity index (χ0n) is 6.47. The number of fused-ring (bicyclic) bond motifs is 2. The minimum Gasteiger partial charge on any atom is -0.377 e. The molecular weight excluding hydrogens is 126 g/mol. The third-order valence-corrected chi connectivity index (χ3v) is 2.71. The van der Waals surface area contributed by atoms with Crippen molar-refractivity contribution in [1.82, 2.24) is 5.32 Å². The van der Waals surface area contributed by atoms with Crippen LogP contribution in [0.25, 0.3) is 0 Å². The Morgan fingerprint density at radius 2 is 2.40 bits per heavy atom. The zero-order chi connectivity index (χ0) is 6.97. The third-order valence-electron chi connectivity index (χ3n) is 2.71. The molecule has 0 spiro atoms. The number of rotatable bonds is 2. The van der Waals surface area contributed by atoms with E-state index in [-0.39, 0.29) is 0 Å². The second kappa shape index (κ2) is 2.51. The van der Waals surface area contributed by atoms with Crippen LogP contribution in [0.3, 0.4) is 0 Å². The van der Waals surface area contributed by atoms with E-state index in [4.69, 9.17) is 4.74 Å². The van der Waals surface area contributed by atoms with E-state index >= 15 is 0 Å². The van der Waals surface area contributed by atoms with Crippen molar-refractivity contribution in [3.8, 4) is 0 Å². The summed E-state index contributed by atoms with van der Waals surface area (Å²) < 4.78 is 5.63. The van der Waals surface area contributed by atoms with Crippen LogP contribution in [0.2, 0.25) is 0 Å². The average molecular weight is 141 g/mol. The molecule has 1 saturated heterocycles. The molecule has 2 nitrogen and oxygen atoms in total. The van der Waals surface area contributed by atoms with E-state index in [1.54, 1.807) is 0 Å². The largest absolute Gasteiger partial charge is 0.377 e. The lowest BCUT2D eigenvalue weighted by Gasteiger charge is -2.13. The Morgan fingerprint density at radius 3 is 2.80 bits per heavy atom. The molecule has 1 aliphatic carbocycles. The normalized spacial score (nSPS) is 44.7. The molecule has 2 heteroatoms. The molecule has 1 heterocycles. The molecule has 0 aromatic rings. The summed E-state index contributed by atoms with van der Waals surface area (Å²) in [5.41, 5.74) is 0. The third kappa shape index (κ3) is 0.867. The highest BCUT2D eigenvalue weighted by Gasteiger charge is 2.41. The van der Waals surface area contributed by atoms with Crippen molar-refractivity contribution in [2.45, 2.75) is 31.9 Å². The van der Waals surface area contributed by atoms with Crippen molar-refractivity contribution in [2.24, 2.45) is 5.92 Å². The van der Waals surface area contributed by atoms with Crippen LogP contribution in [-0.4, -0.2) is 25.3 Å². The van der Waals surface area contributed by atoms with Crippen LogP contribution in [-0.2, 0) is 4.74 Å². The first-order valence-electron chi connectivity index (χ1n) is 4.27. The Balaban J connectivity index is 1.96. The highest BCUT2D eigenvalue weighted by molar-refractivity contribution is 4.98. The maximum atomic E-state index is 5.63. The predicted octanol–water partition coefficient (Wildman–Crippen LogP) is 0.773. The smallest absolute Gasteiger partial charge is 0.0768 e. The molecule has 0 radical (unpaired) electrons. The van der Waals surface area contributed by atoms with E-state index in [2.05, 4.69) is 12.2 Å². The summed E-state index contributed by atoms with van der Waals surface area (Å²) in [5, 5.41) is 3.47. The molecule has 2 aliphatic rings. The summed E-state index contributed by atoms with van der Waals surface area (Å²) in [6.07, 6.45) is 3.25. The van der Waals surface area contributed by atoms with Crippen molar-refractivity contribution in [1.29, 1.82) is 0 Å². The van der Waals surface area contributed by atoms with Crippen molar-refractivity contribution in [2.75, 3.05) is 13.2 Å². The summed E-state index contributed by atoms with van der Waals surface area (Å²) in [4.78, 5) is 0. The molecule has 3 unspecified atom stereocenters. The minimum atomic E-state index is 0.546. The van der Waals surface area contributed by atoms with E-state index in [0.717, 1.165) is 12.5 Å². The van der Waals surface area contributed by atoms with Crippen LogP contribution in [0.1, 0.15) is 19.8 Å². The van der Waals surface area contributed by atoms with Gasteiger partial charge in [0.1, 0.15) is 0 Å². The fraction of sp³-hybridized carbons (Fsp3) is 1.00. The van der Waals surface area contributed by atoms with Crippen LogP contribution in [0.5, 0.6) is 0 Å². The molecule has 0 aromatic heterocycles. The van der Waals surface area contributed by atoms with Crippen LogP contribution in [0.4, 0.5) is 0 Å². The maximum absolute atomic E-state index is 5.63. The van der Waals surface area contributed by atoms with E-state index in [1.165, 1.54) is 19.4 Å². The molecule has 2 rings (SSSR count). The van der Waals surface area contributed by atoms with Gasteiger partial charge in [-0.2, -0.15) is 0 Å². The molecule has 0 amide bonds. The minimum absolute atomic E-state index is 0.546. The van der Waals surface area contributed by atoms with Gasteiger partial charge in [-0.1, -0.05) is 0 Å². The molecule has 58 valence electrons. The van der Waals surface area contributed by atoms with E-state index in [1.807, 2.05) is 0 Å². The highest BCUT2D eigenvalue weighted by atomic mass is 16.5. The summed E-state index contributed by atoms with van der Waals surface area (Å²) in [6.45, 7) is 4.15. The Bertz CT molecular complexity index is 106. The summed E-state index contributed by atoms with van der Waals surface area (Å²) in [7, 11) is 0. The number of ether oxygens (including phenoxy) is 1. The van der Waals surface area contributed by atoms with Gasteiger partial charge in [-0.05, 0) is 25.7 Å². The Kier molecular flexibility index (Phi) is 1.66. The Hall–Kier alpha value is -0.0800. The summed E-state index contributed by atoms with van der Waals surface area (Å²) in [6, 6.07) is 0.685. The monoisotopic (exact) mass is 141 g/mol. The van der Waals surface area contributed by atoms with E-state index in [0.29, 0.717) is 12.1 Å². The van der Waals surface area contributed by atoms with Gasteiger partial charge >= 0.3 is 0 Å². The van der Waals surface area contributed by atoms with Gasteiger partial charge in [0, 0.05) is 19.2 Å². The second-order valence-electron chi connectivity index (χ2n) is 3.27. The Morgan fingerprint density at radius 1 is 1.50 bits per heavy atom. The lowest BCUT2D eigenvalue weighted by Crippen LogP contribution is -2.29. The average Bonchev–Trinajstić information content (AvgIpc) is 2.50. The van der Waals surface area contributed by atoms with E-state index < -0.39 is 0 Å². The zero-order valence-corrected chi connectivity index (χ0v) is 6.47. The number of nitrogens with one attached hydrogen (secondary N) is 1. The predicted molar refractivity (Wildman–Crippen MR) is 39.9 cm³/mol. The number of hydrogen-bond donors (Lipinski definition) is 1. The van der Waals surface area contributed by atoms with Gasteiger partial charge in [0.2, 0.25) is 0 Å². The fourth-order valence-corrected chi connectivity index (χ4v) is 2.23. The first-order chi connectivity index (χ1) is 4.92. The number of hydrogen-bond acceptors (Lipinski definition) is 2. The quantitative estimate of drug-likeness (QED) is 0.613. The molecule has 2 bridgehead atoms. The highest BCUT2D eigenvalue weighted by Crippen LogP contribution is 2.33. The van der Waals surface area contributed by atoms with Gasteiger partial charge < -0.3 is 10.1 Å². The topological polar surface area (TPSA) is 21.3 Å². The molecule has 1 aliphatic heterocycles. The molecule has 1 saturated carbocycles. The van der Waals surface area contributed by atoms with Crippen LogP contribution < -0.4 is 5.32 Å². The van der Waals surface area contributed by atoms with Crippen molar-refractivity contribution in [3.05, 3.63) is 0 Å². The van der Waals surface area contributed by atoms with Crippen molar-refractivity contribution < 1.29 is 4.74 Å². The van der Waals surface area contributed by atoms with Crippen LogP contribution >= 0.6 is 0 Å². The maximum Gasteiger partial charge on any atom is 0.0768 e. The van der Waals surface area contributed by atoms with Crippen LogP contribution in [0.15, 0.2) is 0 Å². The summed E-state index contributed by atoms with van der Waals surface area (Å²) >= 11 is 0. The van der Waals surface area contributed by atoms with Gasteiger partial charge in [0.25, 0.3) is 0 Å². The first-order valence-corrected chi connectivity index (χ1v) is 4.27. The van der Waals surface area contributed by atoms with Crippen molar-refractivity contribution >= 4 is 0 Å². The summed E-state index contributed by atoms with van der Waals surface area (Å²) in [5.74, 6) is 0.824. The molecule has 1 N–H and O–H groups in total. The molecular formula is C8H15NO. The van der Waals surface area contributed by atoms with Crippen molar-refractivity contribution in [3.63, 3.8) is 0 Å². The molecule has 3 atom stereocenters. The Labute approximate surface area is 61.9 Å².